The number of nitrogens with two attached hydrogens (primary N) is 1. The number of piperidine rings is 1. The molecule has 0 spiro atoms. The Morgan fingerprint density at radius 1 is 1.47 bits per heavy atom. The van der Waals surface area contributed by atoms with Crippen LogP contribution in [0.3, 0.4) is 0 Å². The fraction of sp³-hybridized carbons (Fsp3) is 0.692. The summed E-state index contributed by atoms with van der Waals surface area (Å²) < 4.78 is 5.08. The van der Waals surface area contributed by atoms with E-state index >= 15 is 0 Å². The molecule has 0 aliphatic carbocycles. The normalized spacial score (nSPS) is 19.1. The second kappa shape index (κ2) is 6.91. The number of aryl methyl sites for hydroxylation is 2. The number of carbonyl (C=O) groups is 1. The highest BCUT2D eigenvalue weighted by atomic mass is 35.5. The van der Waals surface area contributed by atoms with Crippen LogP contribution in [0, 0.1) is 13.8 Å². The van der Waals surface area contributed by atoms with Crippen molar-refractivity contribution < 1.29 is 9.32 Å². The second-order valence-electron chi connectivity index (χ2n) is 4.92. The minimum Gasteiger partial charge on any atom is -0.361 e. The van der Waals surface area contributed by atoms with Gasteiger partial charge in [0.05, 0.1) is 5.69 Å². The highest BCUT2D eigenvalue weighted by Crippen LogP contribution is 2.24. The third-order valence-electron chi connectivity index (χ3n) is 3.64. The molecule has 1 aliphatic heterocycles. The van der Waals surface area contributed by atoms with Crippen LogP contribution in [0.2, 0.25) is 0 Å². The number of likely N-dealkylation sites (tertiary alicyclic amines) is 1. The van der Waals surface area contributed by atoms with Gasteiger partial charge in [-0.15, -0.1) is 12.4 Å². The van der Waals surface area contributed by atoms with Gasteiger partial charge in [0.2, 0.25) is 0 Å². The van der Waals surface area contributed by atoms with E-state index in [1.165, 1.54) is 6.42 Å². The van der Waals surface area contributed by atoms with E-state index in [0.717, 1.165) is 25.8 Å². The van der Waals surface area contributed by atoms with Crippen molar-refractivity contribution in [3.05, 3.63) is 17.0 Å². The van der Waals surface area contributed by atoms with Crippen LogP contribution in [0.5, 0.6) is 0 Å². The topological polar surface area (TPSA) is 72.4 Å². The van der Waals surface area contributed by atoms with Gasteiger partial charge in [-0.25, -0.2) is 0 Å². The maximum atomic E-state index is 12.6. The summed E-state index contributed by atoms with van der Waals surface area (Å²) in [5, 5.41) is 3.86. The largest absolute Gasteiger partial charge is 0.361 e. The quantitative estimate of drug-likeness (QED) is 0.923. The van der Waals surface area contributed by atoms with Crippen LogP contribution in [-0.2, 0) is 0 Å². The van der Waals surface area contributed by atoms with Crippen LogP contribution in [0.15, 0.2) is 4.52 Å². The van der Waals surface area contributed by atoms with Crippen molar-refractivity contribution in [2.75, 3.05) is 13.1 Å². The van der Waals surface area contributed by atoms with E-state index in [0.29, 0.717) is 23.6 Å². The number of hydrogen-bond donors (Lipinski definition) is 1. The van der Waals surface area contributed by atoms with Gasteiger partial charge >= 0.3 is 0 Å². The number of amides is 1. The summed E-state index contributed by atoms with van der Waals surface area (Å²) in [5.41, 5.74) is 6.93. The van der Waals surface area contributed by atoms with Gasteiger partial charge in [0, 0.05) is 12.6 Å². The van der Waals surface area contributed by atoms with Crippen LogP contribution in [-0.4, -0.2) is 35.1 Å². The highest BCUT2D eigenvalue weighted by Gasteiger charge is 2.30. The molecule has 5 nitrogen and oxygen atoms in total. The lowest BCUT2D eigenvalue weighted by molar-refractivity contribution is 0.0602. The number of nitrogens with zero attached hydrogens (tertiary/aromatic N) is 2. The Morgan fingerprint density at radius 2 is 2.21 bits per heavy atom. The van der Waals surface area contributed by atoms with Gasteiger partial charge in [-0.1, -0.05) is 5.16 Å². The maximum absolute atomic E-state index is 12.6. The summed E-state index contributed by atoms with van der Waals surface area (Å²) in [6.07, 6.45) is 4.16. The molecule has 19 heavy (non-hydrogen) atoms. The molecule has 1 aromatic rings. The smallest absolute Gasteiger partial charge is 0.259 e. The number of rotatable bonds is 3. The van der Waals surface area contributed by atoms with Gasteiger partial charge in [-0.05, 0) is 46.1 Å². The Labute approximate surface area is 119 Å². The molecular formula is C13H22ClN3O2. The standard InChI is InChI=1S/C13H21N3O2.ClH/c1-9-12(10(2)18-15-9)13(17)16-8-4-3-5-11(16)6-7-14;/h11H,3-8,14H2,1-2H3;1H. The lowest BCUT2D eigenvalue weighted by Gasteiger charge is -2.35. The minimum atomic E-state index is 0. The van der Waals surface area contributed by atoms with E-state index in [1.807, 2.05) is 11.8 Å². The van der Waals surface area contributed by atoms with Gasteiger partial charge in [0.1, 0.15) is 11.3 Å². The predicted molar refractivity (Wildman–Crippen MR) is 75.6 cm³/mol. The SMILES string of the molecule is Cc1noc(C)c1C(=O)N1CCCCC1CCN.Cl. The fourth-order valence-electron chi connectivity index (χ4n) is 2.69. The van der Waals surface area contributed by atoms with Crippen molar-refractivity contribution in [1.29, 1.82) is 0 Å². The second-order valence-corrected chi connectivity index (χ2v) is 4.92. The highest BCUT2D eigenvalue weighted by molar-refractivity contribution is 5.96. The first-order valence-electron chi connectivity index (χ1n) is 6.59. The summed E-state index contributed by atoms with van der Waals surface area (Å²) in [6, 6.07) is 0.268. The summed E-state index contributed by atoms with van der Waals surface area (Å²) in [6.45, 7) is 5.03. The molecule has 0 aromatic carbocycles. The van der Waals surface area contributed by atoms with Crippen molar-refractivity contribution >= 4 is 18.3 Å². The summed E-state index contributed by atoms with van der Waals surface area (Å²) >= 11 is 0. The molecule has 0 radical (unpaired) electrons. The van der Waals surface area contributed by atoms with Crippen molar-refractivity contribution in [1.82, 2.24) is 10.1 Å². The minimum absolute atomic E-state index is 0. The van der Waals surface area contributed by atoms with Crippen LogP contribution in [0.25, 0.3) is 0 Å². The zero-order chi connectivity index (χ0) is 13.1. The summed E-state index contributed by atoms with van der Waals surface area (Å²) in [4.78, 5) is 14.5. The van der Waals surface area contributed by atoms with Crippen molar-refractivity contribution in [3.63, 3.8) is 0 Å². The molecule has 1 aromatic heterocycles. The third kappa shape index (κ3) is 3.28. The first-order valence-corrected chi connectivity index (χ1v) is 6.59. The van der Waals surface area contributed by atoms with Gasteiger partial charge in [0.25, 0.3) is 5.91 Å². The zero-order valence-corrected chi connectivity index (χ0v) is 12.3. The third-order valence-corrected chi connectivity index (χ3v) is 3.64. The molecule has 1 fully saturated rings. The monoisotopic (exact) mass is 287 g/mol. The molecule has 2 heterocycles. The molecule has 108 valence electrons. The Balaban J connectivity index is 0.00000180. The lowest BCUT2D eigenvalue weighted by atomic mass is 9.98. The van der Waals surface area contributed by atoms with E-state index in [1.54, 1.807) is 6.92 Å². The molecular weight excluding hydrogens is 266 g/mol. The van der Waals surface area contributed by atoms with Crippen molar-refractivity contribution in [2.45, 2.75) is 45.6 Å². The molecule has 1 aliphatic rings. The van der Waals surface area contributed by atoms with Gasteiger partial charge in [-0.2, -0.15) is 0 Å². The molecule has 6 heteroatoms. The molecule has 1 atom stereocenters. The number of halogens is 1. The first-order chi connectivity index (χ1) is 8.65. The molecule has 1 unspecified atom stereocenters. The first kappa shape index (κ1) is 16.0. The van der Waals surface area contributed by atoms with E-state index < -0.39 is 0 Å². The number of hydrogen-bond acceptors (Lipinski definition) is 4. The van der Waals surface area contributed by atoms with E-state index in [2.05, 4.69) is 5.16 Å². The van der Waals surface area contributed by atoms with Gasteiger partial charge in [-0.3, -0.25) is 4.79 Å². The number of aromatic nitrogens is 1. The van der Waals surface area contributed by atoms with Crippen LogP contribution < -0.4 is 5.73 Å². The van der Waals surface area contributed by atoms with Gasteiger partial charge < -0.3 is 15.2 Å². The van der Waals surface area contributed by atoms with Crippen molar-refractivity contribution in [2.24, 2.45) is 5.73 Å². The zero-order valence-electron chi connectivity index (χ0n) is 11.5. The van der Waals surface area contributed by atoms with Gasteiger partial charge in [0.15, 0.2) is 0 Å². The Hall–Kier alpha value is -1.07. The maximum Gasteiger partial charge on any atom is 0.259 e. The molecule has 1 amide bonds. The summed E-state index contributed by atoms with van der Waals surface area (Å²) in [5.74, 6) is 0.652. The summed E-state index contributed by atoms with van der Waals surface area (Å²) in [7, 11) is 0. The Morgan fingerprint density at radius 3 is 2.79 bits per heavy atom. The van der Waals surface area contributed by atoms with Crippen LogP contribution in [0.4, 0.5) is 0 Å². The van der Waals surface area contributed by atoms with E-state index in [4.69, 9.17) is 10.3 Å². The van der Waals surface area contributed by atoms with Crippen LogP contribution in [0.1, 0.15) is 47.5 Å². The molecule has 2 rings (SSSR count). The lowest BCUT2D eigenvalue weighted by Crippen LogP contribution is -2.44. The average molecular weight is 288 g/mol. The molecule has 0 bridgehead atoms. The fourth-order valence-corrected chi connectivity index (χ4v) is 2.69. The van der Waals surface area contributed by atoms with E-state index in [9.17, 15) is 4.79 Å². The molecule has 1 saturated heterocycles. The molecule has 0 saturated carbocycles. The predicted octanol–water partition coefficient (Wildman–Crippen LogP) is 2.06. The van der Waals surface area contributed by atoms with Crippen LogP contribution >= 0.6 is 12.4 Å². The van der Waals surface area contributed by atoms with Crippen molar-refractivity contribution in [3.8, 4) is 0 Å². The number of carbonyl (C=O) groups excluding carboxylic acids is 1. The molecule has 2 N–H and O–H groups in total. The average Bonchev–Trinajstić information content (AvgIpc) is 2.69. The Kier molecular flexibility index (Phi) is 5.82. The van der Waals surface area contributed by atoms with E-state index in [-0.39, 0.29) is 24.4 Å². The Bertz CT molecular complexity index is 412.